The number of guanidine groups is 1. The molecule has 2 N–H and O–H groups in total. The molecule has 1 fully saturated rings. The van der Waals surface area contributed by atoms with E-state index in [4.69, 9.17) is 0 Å². The number of aliphatic imine (C=N–C) groups is 1. The molecule has 2 heterocycles. The van der Waals surface area contributed by atoms with Crippen molar-refractivity contribution in [1.29, 1.82) is 0 Å². The van der Waals surface area contributed by atoms with Crippen LogP contribution < -0.4 is 10.6 Å². The fourth-order valence-corrected chi connectivity index (χ4v) is 3.88. The summed E-state index contributed by atoms with van der Waals surface area (Å²) in [5.41, 5.74) is 0. The summed E-state index contributed by atoms with van der Waals surface area (Å²) in [6.07, 6.45) is 12.7. The van der Waals surface area contributed by atoms with Gasteiger partial charge in [-0.1, -0.05) is 25.7 Å². The number of aryl methyl sites for hydroxylation is 1. The molecule has 0 amide bonds. The van der Waals surface area contributed by atoms with Crippen LogP contribution in [-0.2, 0) is 19.4 Å². The Morgan fingerprint density at radius 2 is 1.92 bits per heavy atom. The van der Waals surface area contributed by atoms with Gasteiger partial charge in [-0.15, -0.1) is 10.2 Å². The molecule has 0 radical (unpaired) electrons. The van der Waals surface area contributed by atoms with Crippen molar-refractivity contribution in [3.8, 4) is 0 Å². The molecular weight excluding hydrogens is 300 g/mol. The molecule has 0 aromatic carbocycles. The third kappa shape index (κ3) is 4.71. The van der Waals surface area contributed by atoms with Gasteiger partial charge in [-0.2, -0.15) is 0 Å². The summed E-state index contributed by atoms with van der Waals surface area (Å²) in [6.45, 7) is 2.97. The monoisotopic (exact) mass is 332 g/mol. The zero-order chi connectivity index (χ0) is 16.6. The number of aromatic nitrogens is 3. The van der Waals surface area contributed by atoms with Gasteiger partial charge in [0.15, 0.2) is 5.96 Å². The molecule has 1 aromatic heterocycles. The van der Waals surface area contributed by atoms with Gasteiger partial charge in [-0.05, 0) is 31.6 Å². The van der Waals surface area contributed by atoms with Gasteiger partial charge in [0.05, 0.1) is 0 Å². The van der Waals surface area contributed by atoms with Crippen LogP contribution in [0.1, 0.15) is 63.0 Å². The minimum Gasteiger partial charge on any atom is -0.356 e. The van der Waals surface area contributed by atoms with Crippen LogP contribution in [0.3, 0.4) is 0 Å². The maximum atomic E-state index is 4.39. The molecule has 6 nitrogen and oxygen atoms in total. The molecule has 24 heavy (non-hydrogen) atoms. The first-order valence-corrected chi connectivity index (χ1v) is 9.72. The summed E-state index contributed by atoms with van der Waals surface area (Å²) in [7, 11) is 1.85. The number of hydrogen-bond donors (Lipinski definition) is 2. The van der Waals surface area contributed by atoms with Gasteiger partial charge in [-0.25, -0.2) is 0 Å². The molecule has 0 bridgehead atoms. The number of rotatable bonds is 5. The SMILES string of the molecule is CN=C(NCCc1nnc2n1CCCCC2)NCC1CCCCC1. The zero-order valence-electron chi connectivity index (χ0n) is 15.1. The van der Waals surface area contributed by atoms with E-state index in [1.165, 1.54) is 57.2 Å². The lowest BCUT2D eigenvalue weighted by atomic mass is 9.89. The maximum absolute atomic E-state index is 4.39. The Labute approximate surface area is 145 Å². The summed E-state index contributed by atoms with van der Waals surface area (Å²) in [5, 5.41) is 15.7. The zero-order valence-corrected chi connectivity index (χ0v) is 15.1. The highest BCUT2D eigenvalue weighted by molar-refractivity contribution is 5.79. The molecular formula is C18H32N6. The molecule has 1 aliphatic carbocycles. The van der Waals surface area contributed by atoms with Crippen molar-refractivity contribution in [3.63, 3.8) is 0 Å². The Bertz CT molecular complexity index is 530. The van der Waals surface area contributed by atoms with Gasteiger partial charge in [0.1, 0.15) is 11.6 Å². The second-order valence-corrected chi connectivity index (χ2v) is 7.13. The van der Waals surface area contributed by atoms with Crippen molar-refractivity contribution in [3.05, 3.63) is 11.6 Å². The highest BCUT2D eigenvalue weighted by atomic mass is 15.3. The minimum absolute atomic E-state index is 0.810. The largest absolute Gasteiger partial charge is 0.356 e. The number of hydrogen-bond acceptors (Lipinski definition) is 3. The van der Waals surface area contributed by atoms with Crippen LogP contribution >= 0.6 is 0 Å². The molecule has 6 heteroatoms. The van der Waals surface area contributed by atoms with Crippen molar-refractivity contribution in [2.24, 2.45) is 10.9 Å². The van der Waals surface area contributed by atoms with Gasteiger partial charge in [-0.3, -0.25) is 4.99 Å². The highest BCUT2D eigenvalue weighted by Crippen LogP contribution is 2.22. The van der Waals surface area contributed by atoms with Gasteiger partial charge in [0.2, 0.25) is 0 Å². The second-order valence-electron chi connectivity index (χ2n) is 7.13. The molecule has 1 aromatic rings. The number of nitrogens with one attached hydrogen (secondary N) is 2. The minimum atomic E-state index is 0.810. The predicted molar refractivity (Wildman–Crippen MR) is 97.2 cm³/mol. The lowest BCUT2D eigenvalue weighted by Crippen LogP contribution is -2.41. The van der Waals surface area contributed by atoms with Crippen LogP contribution in [0.15, 0.2) is 4.99 Å². The third-order valence-corrected chi connectivity index (χ3v) is 5.33. The van der Waals surface area contributed by atoms with E-state index in [1.54, 1.807) is 0 Å². The van der Waals surface area contributed by atoms with Crippen LogP contribution in [0, 0.1) is 5.92 Å². The van der Waals surface area contributed by atoms with E-state index < -0.39 is 0 Å². The summed E-state index contributed by atoms with van der Waals surface area (Å²) in [4.78, 5) is 4.35. The Kier molecular flexibility index (Phi) is 6.49. The summed E-state index contributed by atoms with van der Waals surface area (Å²) in [6, 6.07) is 0. The molecule has 1 aliphatic heterocycles. The molecule has 0 atom stereocenters. The van der Waals surface area contributed by atoms with Gasteiger partial charge >= 0.3 is 0 Å². The van der Waals surface area contributed by atoms with Crippen molar-refractivity contribution in [1.82, 2.24) is 25.4 Å². The quantitative estimate of drug-likeness (QED) is 0.641. The maximum Gasteiger partial charge on any atom is 0.190 e. The topological polar surface area (TPSA) is 67.1 Å². The standard InChI is InChI=1S/C18H32N6/c1-19-18(21-14-15-8-4-2-5-9-15)20-12-11-17-23-22-16-10-6-3-7-13-24(16)17/h15H,2-14H2,1H3,(H2,19,20,21). The van der Waals surface area contributed by atoms with E-state index in [0.29, 0.717) is 0 Å². The summed E-state index contributed by atoms with van der Waals surface area (Å²) >= 11 is 0. The normalized spacial score (nSPS) is 19.6. The lowest BCUT2D eigenvalue weighted by Gasteiger charge is -2.22. The first-order chi connectivity index (χ1) is 11.9. The summed E-state index contributed by atoms with van der Waals surface area (Å²) < 4.78 is 2.33. The average Bonchev–Trinajstić information content (AvgIpc) is 2.85. The van der Waals surface area contributed by atoms with E-state index >= 15 is 0 Å². The van der Waals surface area contributed by atoms with E-state index in [-0.39, 0.29) is 0 Å². The van der Waals surface area contributed by atoms with E-state index in [2.05, 4.69) is 30.4 Å². The highest BCUT2D eigenvalue weighted by Gasteiger charge is 2.15. The third-order valence-electron chi connectivity index (χ3n) is 5.33. The molecule has 0 unspecified atom stereocenters. The Morgan fingerprint density at radius 3 is 2.75 bits per heavy atom. The fraction of sp³-hybridized carbons (Fsp3) is 0.833. The van der Waals surface area contributed by atoms with Gasteiger partial charge in [0, 0.05) is 39.5 Å². The van der Waals surface area contributed by atoms with E-state index in [9.17, 15) is 0 Å². The van der Waals surface area contributed by atoms with Crippen LogP contribution in [-0.4, -0.2) is 40.9 Å². The average molecular weight is 332 g/mol. The van der Waals surface area contributed by atoms with Gasteiger partial charge in [0.25, 0.3) is 0 Å². The molecule has 3 rings (SSSR count). The van der Waals surface area contributed by atoms with E-state index in [1.807, 2.05) is 7.05 Å². The van der Waals surface area contributed by atoms with Crippen LogP contribution in [0.4, 0.5) is 0 Å². The van der Waals surface area contributed by atoms with Crippen molar-refractivity contribution in [2.45, 2.75) is 70.8 Å². The first-order valence-electron chi connectivity index (χ1n) is 9.72. The fourth-order valence-electron chi connectivity index (χ4n) is 3.88. The molecule has 1 saturated carbocycles. The number of nitrogens with zero attached hydrogens (tertiary/aromatic N) is 4. The lowest BCUT2D eigenvalue weighted by molar-refractivity contribution is 0.356. The van der Waals surface area contributed by atoms with Gasteiger partial charge < -0.3 is 15.2 Å². The smallest absolute Gasteiger partial charge is 0.190 e. The Hall–Kier alpha value is -1.59. The van der Waals surface area contributed by atoms with Crippen LogP contribution in [0.2, 0.25) is 0 Å². The second kappa shape index (κ2) is 9.04. The Morgan fingerprint density at radius 1 is 1.08 bits per heavy atom. The van der Waals surface area contributed by atoms with Crippen molar-refractivity contribution < 1.29 is 0 Å². The number of fused-ring (bicyclic) bond motifs is 1. The van der Waals surface area contributed by atoms with E-state index in [0.717, 1.165) is 50.2 Å². The van der Waals surface area contributed by atoms with Crippen molar-refractivity contribution in [2.75, 3.05) is 20.1 Å². The molecule has 2 aliphatic rings. The van der Waals surface area contributed by atoms with Crippen molar-refractivity contribution >= 4 is 5.96 Å². The molecule has 134 valence electrons. The van der Waals surface area contributed by atoms with Crippen LogP contribution in [0.25, 0.3) is 0 Å². The summed E-state index contributed by atoms with van der Waals surface area (Å²) in [5.74, 6) is 4.00. The van der Waals surface area contributed by atoms with Crippen LogP contribution in [0.5, 0.6) is 0 Å². The molecule has 0 spiro atoms. The Balaban J connectivity index is 1.42. The first kappa shape index (κ1) is 17.2. The predicted octanol–water partition coefficient (Wildman–Crippen LogP) is 2.29. The molecule has 0 saturated heterocycles.